The van der Waals surface area contributed by atoms with Crippen molar-refractivity contribution < 1.29 is 19.6 Å². The zero-order valence-corrected chi connectivity index (χ0v) is 12.1. The molecule has 0 aromatic carbocycles. The zero-order valence-electron chi connectivity index (χ0n) is 12.1. The van der Waals surface area contributed by atoms with E-state index in [0.717, 1.165) is 0 Å². The Labute approximate surface area is 122 Å². The Bertz CT molecular complexity index is 579. The van der Waals surface area contributed by atoms with Crippen LogP contribution in [0.1, 0.15) is 29.7 Å². The lowest BCUT2D eigenvalue weighted by atomic mass is 9.75. The van der Waals surface area contributed by atoms with Gasteiger partial charge in [0.1, 0.15) is 0 Å². The van der Waals surface area contributed by atoms with Gasteiger partial charge in [0.05, 0.1) is 16.0 Å². The normalized spacial score (nSPS) is 17.4. The maximum absolute atomic E-state index is 11.7. The highest BCUT2D eigenvalue weighted by atomic mass is 16.6. The third-order valence-corrected chi connectivity index (χ3v) is 4.17. The smallest absolute Gasteiger partial charge is 0.310 e. The molecule has 21 heavy (non-hydrogen) atoms. The average Bonchev–Trinajstić information content (AvgIpc) is 2.43. The Morgan fingerprint density at radius 2 is 2.10 bits per heavy atom. The topological polar surface area (TPSA) is 103 Å². The summed E-state index contributed by atoms with van der Waals surface area (Å²) in [6.45, 7) is 4.03. The van der Waals surface area contributed by atoms with Gasteiger partial charge in [-0.1, -0.05) is 0 Å². The van der Waals surface area contributed by atoms with E-state index in [0.29, 0.717) is 42.9 Å². The molecule has 1 N–H and O–H groups in total. The number of nitro groups is 1. The average molecular weight is 294 g/mol. The van der Waals surface area contributed by atoms with E-state index in [2.05, 4.69) is 4.98 Å². The van der Waals surface area contributed by atoms with Crippen molar-refractivity contribution in [3.63, 3.8) is 0 Å². The number of carboxylic acids is 1. The summed E-state index contributed by atoms with van der Waals surface area (Å²) in [7, 11) is 0. The van der Waals surface area contributed by atoms with E-state index in [1.54, 1.807) is 13.8 Å². The molecule has 1 aromatic heterocycles. The standard InChI is InChI=1S/C14H18N2O5/c1-9-8-15-11(10(2)12(9)16(19)20)7-14(13(17)18)3-5-21-6-4-14/h8H,3-7H2,1-2H3,(H,17,18). The number of carbonyl (C=O) groups is 1. The molecule has 1 aliphatic heterocycles. The minimum atomic E-state index is -0.945. The molecule has 0 amide bonds. The van der Waals surface area contributed by atoms with Gasteiger partial charge in [0, 0.05) is 37.0 Å². The van der Waals surface area contributed by atoms with Gasteiger partial charge in [0.25, 0.3) is 5.69 Å². The molecule has 7 heteroatoms. The van der Waals surface area contributed by atoms with Gasteiger partial charge >= 0.3 is 5.97 Å². The molecule has 114 valence electrons. The molecule has 0 bridgehead atoms. The molecular formula is C14H18N2O5. The van der Waals surface area contributed by atoms with Crippen LogP contribution in [0.25, 0.3) is 0 Å². The van der Waals surface area contributed by atoms with Crippen LogP contribution in [-0.2, 0) is 16.0 Å². The van der Waals surface area contributed by atoms with Crippen molar-refractivity contribution >= 4 is 11.7 Å². The summed E-state index contributed by atoms with van der Waals surface area (Å²) >= 11 is 0. The first kappa shape index (κ1) is 15.4. The molecule has 0 radical (unpaired) electrons. The highest BCUT2D eigenvalue weighted by molar-refractivity contribution is 5.75. The Balaban J connectivity index is 2.40. The van der Waals surface area contributed by atoms with Crippen molar-refractivity contribution in [2.75, 3.05) is 13.2 Å². The molecule has 7 nitrogen and oxygen atoms in total. The molecule has 0 unspecified atom stereocenters. The van der Waals surface area contributed by atoms with Gasteiger partial charge in [-0.05, 0) is 26.7 Å². The zero-order chi connectivity index (χ0) is 15.6. The fourth-order valence-corrected chi connectivity index (χ4v) is 2.77. The van der Waals surface area contributed by atoms with Gasteiger partial charge in [-0.15, -0.1) is 0 Å². The summed E-state index contributed by atoms with van der Waals surface area (Å²) < 4.78 is 5.23. The van der Waals surface area contributed by atoms with E-state index in [9.17, 15) is 20.0 Å². The van der Waals surface area contributed by atoms with Crippen molar-refractivity contribution in [1.82, 2.24) is 4.98 Å². The van der Waals surface area contributed by atoms with Crippen LogP contribution >= 0.6 is 0 Å². The van der Waals surface area contributed by atoms with Gasteiger partial charge in [-0.2, -0.15) is 0 Å². The lowest BCUT2D eigenvalue weighted by Crippen LogP contribution is -2.39. The number of nitrogens with zero attached hydrogens (tertiary/aromatic N) is 2. The van der Waals surface area contributed by atoms with E-state index >= 15 is 0 Å². The Morgan fingerprint density at radius 1 is 1.48 bits per heavy atom. The molecule has 2 rings (SSSR count). The molecule has 0 aliphatic carbocycles. The molecule has 0 saturated carbocycles. The van der Waals surface area contributed by atoms with Crippen molar-refractivity contribution in [3.8, 4) is 0 Å². The van der Waals surface area contributed by atoms with E-state index in [1.807, 2.05) is 0 Å². The lowest BCUT2D eigenvalue weighted by molar-refractivity contribution is -0.386. The SMILES string of the molecule is Cc1cnc(CC2(C(=O)O)CCOCC2)c(C)c1[N+](=O)[O-]. The predicted molar refractivity (Wildman–Crippen MR) is 74.2 cm³/mol. The summed E-state index contributed by atoms with van der Waals surface area (Å²) in [6.07, 6.45) is 2.42. The monoisotopic (exact) mass is 294 g/mol. The van der Waals surface area contributed by atoms with Gasteiger partial charge < -0.3 is 9.84 Å². The third-order valence-electron chi connectivity index (χ3n) is 4.17. The van der Waals surface area contributed by atoms with Crippen molar-refractivity contribution in [1.29, 1.82) is 0 Å². The van der Waals surface area contributed by atoms with Crippen molar-refractivity contribution in [2.24, 2.45) is 5.41 Å². The predicted octanol–water partition coefficient (Wildman–Crippen LogP) is 2.03. The number of carboxylic acid groups (broad SMARTS) is 1. The van der Waals surface area contributed by atoms with Crippen LogP contribution in [0.15, 0.2) is 6.20 Å². The van der Waals surface area contributed by atoms with Crippen molar-refractivity contribution in [3.05, 3.63) is 33.1 Å². The molecule has 0 atom stereocenters. The number of hydrogen-bond acceptors (Lipinski definition) is 5. The molecular weight excluding hydrogens is 276 g/mol. The Kier molecular flexibility index (Phi) is 4.22. The van der Waals surface area contributed by atoms with Gasteiger partial charge in [-0.25, -0.2) is 0 Å². The lowest BCUT2D eigenvalue weighted by Gasteiger charge is -2.33. The molecule has 1 fully saturated rings. The summed E-state index contributed by atoms with van der Waals surface area (Å²) in [5.74, 6) is -0.893. The first-order valence-corrected chi connectivity index (χ1v) is 6.78. The fourth-order valence-electron chi connectivity index (χ4n) is 2.77. The number of rotatable bonds is 4. The third kappa shape index (κ3) is 2.87. The molecule has 2 heterocycles. The summed E-state index contributed by atoms with van der Waals surface area (Å²) in [6, 6.07) is 0. The second-order valence-corrected chi connectivity index (χ2v) is 5.49. The second-order valence-electron chi connectivity index (χ2n) is 5.49. The number of aliphatic carboxylic acids is 1. The quantitative estimate of drug-likeness (QED) is 0.673. The van der Waals surface area contributed by atoms with Crippen LogP contribution in [0, 0.1) is 29.4 Å². The van der Waals surface area contributed by atoms with Crippen LogP contribution in [0.4, 0.5) is 5.69 Å². The second kappa shape index (κ2) is 5.77. The Hall–Kier alpha value is -2.02. The highest BCUT2D eigenvalue weighted by Crippen LogP contribution is 2.36. The summed E-state index contributed by atoms with van der Waals surface area (Å²) in [5.41, 5.74) is 0.494. The van der Waals surface area contributed by atoms with Gasteiger partial charge in [0.15, 0.2) is 0 Å². The summed E-state index contributed by atoms with van der Waals surface area (Å²) in [5, 5.41) is 20.7. The number of hydrogen-bond donors (Lipinski definition) is 1. The number of ether oxygens (including phenoxy) is 1. The van der Waals surface area contributed by atoms with Crippen LogP contribution < -0.4 is 0 Å². The maximum atomic E-state index is 11.7. The largest absolute Gasteiger partial charge is 0.481 e. The molecule has 1 aliphatic rings. The van der Waals surface area contributed by atoms with Gasteiger partial charge in [-0.3, -0.25) is 19.9 Å². The van der Waals surface area contributed by atoms with E-state index < -0.39 is 16.3 Å². The van der Waals surface area contributed by atoms with Crippen LogP contribution in [0.3, 0.4) is 0 Å². The molecule has 0 spiro atoms. The molecule has 1 saturated heterocycles. The first-order chi connectivity index (χ1) is 9.87. The van der Waals surface area contributed by atoms with E-state index in [1.165, 1.54) is 6.20 Å². The van der Waals surface area contributed by atoms with Crippen molar-refractivity contribution in [2.45, 2.75) is 33.1 Å². The van der Waals surface area contributed by atoms with Crippen LogP contribution in [0.2, 0.25) is 0 Å². The molecule has 1 aromatic rings. The fraction of sp³-hybridized carbons (Fsp3) is 0.571. The van der Waals surface area contributed by atoms with Crippen LogP contribution in [-0.4, -0.2) is 34.2 Å². The van der Waals surface area contributed by atoms with E-state index in [-0.39, 0.29) is 12.1 Å². The minimum absolute atomic E-state index is 0.0209. The minimum Gasteiger partial charge on any atom is -0.481 e. The van der Waals surface area contributed by atoms with Crippen LogP contribution in [0.5, 0.6) is 0 Å². The maximum Gasteiger partial charge on any atom is 0.310 e. The highest BCUT2D eigenvalue weighted by Gasteiger charge is 2.41. The van der Waals surface area contributed by atoms with E-state index in [4.69, 9.17) is 4.74 Å². The van der Waals surface area contributed by atoms with Gasteiger partial charge in [0.2, 0.25) is 0 Å². The first-order valence-electron chi connectivity index (χ1n) is 6.78. The number of pyridine rings is 1. The number of aromatic nitrogens is 1. The Morgan fingerprint density at radius 3 is 2.62 bits per heavy atom. The number of aryl methyl sites for hydroxylation is 1. The summed E-state index contributed by atoms with van der Waals surface area (Å²) in [4.78, 5) is 26.6.